The lowest BCUT2D eigenvalue weighted by Gasteiger charge is -2.11. The minimum Gasteiger partial charge on any atom is -0.325 e. The van der Waals surface area contributed by atoms with Crippen molar-refractivity contribution in [3.8, 4) is 0 Å². The molecule has 3 aromatic rings. The van der Waals surface area contributed by atoms with Crippen LogP contribution in [0.15, 0.2) is 53.6 Å². The highest BCUT2D eigenvalue weighted by Gasteiger charge is 2.13. The van der Waals surface area contributed by atoms with Crippen molar-refractivity contribution in [2.45, 2.75) is 32.7 Å². The first-order valence-corrected chi connectivity index (χ1v) is 8.92. The van der Waals surface area contributed by atoms with Crippen LogP contribution in [0.2, 0.25) is 0 Å². The van der Waals surface area contributed by atoms with Gasteiger partial charge in [0.25, 0.3) is 11.2 Å². The van der Waals surface area contributed by atoms with Gasteiger partial charge in [-0.25, -0.2) is 4.98 Å². The summed E-state index contributed by atoms with van der Waals surface area (Å²) in [4.78, 5) is 39.3. The van der Waals surface area contributed by atoms with Gasteiger partial charge in [-0.15, -0.1) is 0 Å². The molecule has 1 N–H and O–H groups in total. The number of carbonyl (C=O) groups is 1. The number of nitro groups is 1. The third-order valence-electron chi connectivity index (χ3n) is 4.71. The molecule has 1 aromatic heterocycles. The smallest absolute Gasteiger partial charge is 0.270 e. The topological polar surface area (TPSA) is 107 Å². The first kappa shape index (κ1) is 19.2. The molecule has 0 saturated carbocycles. The highest BCUT2D eigenvalue weighted by Crippen LogP contribution is 2.20. The van der Waals surface area contributed by atoms with E-state index in [9.17, 15) is 19.7 Å². The minimum atomic E-state index is -0.577. The molecule has 1 atom stereocenters. The number of hydrogen-bond acceptors (Lipinski definition) is 5. The van der Waals surface area contributed by atoms with E-state index in [1.54, 1.807) is 0 Å². The second-order valence-corrected chi connectivity index (χ2v) is 6.62. The number of nitrogens with one attached hydrogen (secondary N) is 1. The Kier molecular flexibility index (Phi) is 5.49. The van der Waals surface area contributed by atoms with E-state index in [0.29, 0.717) is 17.1 Å². The van der Waals surface area contributed by atoms with Gasteiger partial charge in [-0.05, 0) is 36.1 Å². The molecule has 1 amide bonds. The van der Waals surface area contributed by atoms with E-state index in [-0.39, 0.29) is 23.5 Å². The highest BCUT2D eigenvalue weighted by atomic mass is 16.6. The molecule has 28 heavy (non-hydrogen) atoms. The number of anilines is 1. The normalized spacial score (nSPS) is 11.9. The fraction of sp³-hybridized carbons (Fsp3) is 0.250. The lowest BCUT2D eigenvalue weighted by atomic mass is 9.99. The van der Waals surface area contributed by atoms with Crippen LogP contribution in [0.25, 0.3) is 10.9 Å². The van der Waals surface area contributed by atoms with E-state index in [1.807, 2.05) is 24.3 Å². The van der Waals surface area contributed by atoms with E-state index in [2.05, 4.69) is 24.1 Å². The molecule has 0 aliphatic rings. The summed E-state index contributed by atoms with van der Waals surface area (Å²) in [5, 5.41) is 13.8. The minimum absolute atomic E-state index is 0.0995. The number of benzene rings is 2. The SMILES string of the molecule is CCC(C)c1ccc(NC(=O)Cn2cnc3ccc([N+](=O)[O-])cc3c2=O)cc1. The molecular formula is C20H20N4O4. The molecule has 0 spiro atoms. The summed E-state index contributed by atoms with van der Waals surface area (Å²) >= 11 is 0. The van der Waals surface area contributed by atoms with Gasteiger partial charge in [-0.1, -0.05) is 26.0 Å². The number of non-ortho nitro benzene ring substituents is 1. The molecule has 0 aliphatic carbocycles. The summed E-state index contributed by atoms with van der Waals surface area (Å²) < 4.78 is 1.13. The van der Waals surface area contributed by atoms with Gasteiger partial charge in [0.1, 0.15) is 6.54 Å². The maximum Gasteiger partial charge on any atom is 0.270 e. The van der Waals surface area contributed by atoms with Crippen molar-refractivity contribution in [3.63, 3.8) is 0 Å². The van der Waals surface area contributed by atoms with Gasteiger partial charge in [-0.3, -0.25) is 24.3 Å². The molecule has 0 aliphatic heterocycles. The first-order chi connectivity index (χ1) is 13.4. The Labute approximate surface area is 161 Å². The van der Waals surface area contributed by atoms with Crippen LogP contribution in [0, 0.1) is 10.1 Å². The van der Waals surface area contributed by atoms with Gasteiger partial charge in [0.05, 0.1) is 22.2 Å². The van der Waals surface area contributed by atoms with Crippen LogP contribution in [-0.4, -0.2) is 20.4 Å². The second-order valence-electron chi connectivity index (χ2n) is 6.62. The standard InChI is InChI=1S/C20H20N4O4/c1-3-13(2)14-4-6-15(7-5-14)22-19(25)11-23-12-21-18-9-8-16(24(27)28)10-17(18)20(23)26/h4-10,12-13H,3,11H2,1-2H3,(H,22,25). The van der Waals surface area contributed by atoms with Crippen molar-refractivity contribution in [1.82, 2.24) is 9.55 Å². The fourth-order valence-electron chi connectivity index (χ4n) is 2.86. The first-order valence-electron chi connectivity index (χ1n) is 8.92. The van der Waals surface area contributed by atoms with Crippen LogP contribution in [-0.2, 0) is 11.3 Å². The van der Waals surface area contributed by atoms with Crippen LogP contribution in [0.5, 0.6) is 0 Å². The Morgan fingerprint density at radius 1 is 1.25 bits per heavy atom. The van der Waals surface area contributed by atoms with Crippen molar-refractivity contribution in [1.29, 1.82) is 0 Å². The zero-order valence-electron chi connectivity index (χ0n) is 15.6. The van der Waals surface area contributed by atoms with Crippen LogP contribution in [0.3, 0.4) is 0 Å². The fourth-order valence-corrected chi connectivity index (χ4v) is 2.86. The average Bonchev–Trinajstić information content (AvgIpc) is 2.69. The van der Waals surface area contributed by atoms with Crippen LogP contribution in [0.1, 0.15) is 31.7 Å². The van der Waals surface area contributed by atoms with E-state index >= 15 is 0 Å². The summed E-state index contributed by atoms with van der Waals surface area (Å²) in [5.41, 5.74) is 1.46. The quantitative estimate of drug-likeness (QED) is 0.520. The van der Waals surface area contributed by atoms with Crippen molar-refractivity contribution in [2.75, 3.05) is 5.32 Å². The number of rotatable bonds is 6. The monoisotopic (exact) mass is 380 g/mol. The van der Waals surface area contributed by atoms with Crippen molar-refractivity contribution < 1.29 is 9.72 Å². The summed E-state index contributed by atoms with van der Waals surface area (Å²) in [5.74, 6) is 0.0565. The molecule has 8 heteroatoms. The van der Waals surface area contributed by atoms with E-state index in [4.69, 9.17) is 0 Å². The number of nitrogens with zero attached hydrogens (tertiary/aromatic N) is 3. The molecule has 0 radical (unpaired) electrons. The Balaban J connectivity index is 1.78. The average molecular weight is 380 g/mol. The third-order valence-corrected chi connectivity index (χ3v) is 4.71. The Hall–Kier alpha value is -3.55. The Bertz CT molecular complexity index is 1090. The Morgan fingerprint density at radius 2 is 1.96 bits per heavy atom. The van der Waals surface area contributed by atoms with Gasteiger partial charge < -0.3 is 5.32 Å². The summed E-state index contributed by atoms with van der Waals surface area (Å²) in [6.45, 7) is 4.01. The largest absolute Gasteiger partial charge is 0.325 e. The number of nitro benzene ring substituents is 1. The summed E-state index contributed by atoms with van der Waals surface area (Å²) in [7, 11) is 0. The molecule has 144 valence electrons. The van der Waals surface area contributed by atoms with Crippen LogP contribution in [0.4, 0.5) is 11.4 Å². The maximum atomic E-state index is 12.6. The van der Waals surface area contributed by atoms with Gasteiger partial charge in [-0.2, -0.15) is 0 Å². The lowest BCUT2D eigenvalue weighted by Crippen LogP contribution is -2.28. The number of fused-ring (bicyclic) bond motifs is 1. The molecule has 2 aromatic carbocycles. The molecule has 8 nitrogen and oxygen atoms in total. The number of amides is 1. The van der Waals surface area contributed by atoms with E-state index in [0.717, 1.165) is 11.0 Å². The predicted molar refractivity (Wildman–Crippen MR) is 106 cm³/mol. The van der Waals surface area contributed by atoms with Gasteiger partial charge >= 0.3 is 0 Å². The van der Waals surface area contributed by atoms with Crippen molar-refractivity contribution in [3.05, 3.63) is 74.8 Å². The summed E-state index contributed by atoms with van der Waals surface area (Å²) in [6.07, 6.45) is 2.30. The van der Waals surface area contributed by atoms with Gasteiger partial charge in [0.15, 0.2) is 0 Å². The zero-order valence-corrected chi connectivity index (χ0v) is 15.6. The molecule has 0 bridgehead atoms. The number of hydrogen-bond donors (Lipinski definition) is 1. The van der Waals surface area contributed by atoms with Crippen molar-refractivity contribution in [2.24, 2.45) is 0 Å². The maximum absolute atomic E-state index is 12.6. The molecule has 0 fully saturated rings. The molecule has 1 heterocycles. The second kappa shape index (κ2) is 7.99. The molecule has 1 unspecified atom stereocenters. The number of carbonyl (C=O) groups excluding carboxylic acids is 1. The summed E-state index contributed by atoms with van der Waals surface area (Å²) in [6, 6.07) is 11.5. The highest BCUT2D eigenvalue weighted by molar-refractivity contribution is 5.90. The molecule has 0 saturated heterocycles. The van der Waals surface area contributed by atoms with Crippen molar-refractivity contribution >= 4 is 28.2 Å². The lowest BCUT2D eigenvalue weighted by molar-refractivity contribution is -0.384. The third kappa shape index (κ3) is 4.06. The predicted octanol–water partition coefficient (Wildman–Crippen LogP) is 3.46. The Morgan fingerprint density at radius 3 is 2.61 bits per heavy atom. The zero-order chi connectivity index (χ0) is 20.3. The van der Waals surface area contributed by atoms with Crippen LogP contribution < -0.4 is 10.9 Å². The van der Waals surface area contributed by atoms with Gasteiger partial charge in [0.2, 0.25) is 5.91 Å². The molecular weight excluding hydrogens is 360 g/mol. The number of aromatic nitrogens is 2. The van der Waals surface area contributed by atoms with Gasteiger partial charge in [0, 0.05) is 17.8 Å². The van der Waals surface area contributed by atoms with E-state index in [1.165, 1.54) is 30.1 Å². The van der Waals surface area contributed by atoms with E-state index < -0.39 is 10.5 Å². The van der Waals surface area contributed by atoms with Crippen LogP contribution >= 0.6 is 0 Å². The molecule has 3 rings (SSSR count).